The number of nitrogens with zero attached hydrogens (tertiary/aromatic N) is 2. The fourth-order valence-electron chi connectivity index (χ4n) is 3.38. The number of carbonyl (C=O) groups excluding carboxylic acids is 2. The van der Waals surface area contributed by atoms with Crippen molar-refractivity contribution in [2.45, 2.75) is 13.0 Å². The number of aromatic nitrogens is 2. The highest BCUT2D eigenvalue weighted by atomic mass is 35.5. The molecule has 0 saturated heterocycles. The minimum Gasteiger partial charge on any atom is -0.479 e. The van der Waals surface area contributed by atoms with Crippen LogP contribution < -0.4 is 15.4 Å². The maximum absolute atomic E-state index is 13.0. The first kappa shape index (κ1) is 19.9. The summed E-state index contributed by atoms with van der Waals surface area (Å²) in [6.07, 6.45) is 0.979. The highest BCUT2D eigenvalue weighted by molar-refractivity contribution is 6.30. The molecule has 2 aromatic carbocycles. The smallest absolute Gasteiger partial charge is 0.276 e. The molecule has 9 heteroatoms. The number of hydrogen-bond donors (Lipinski definition) is 2. The fourth-order valence-corrected chi connectivity index (χ4v) is 3.56. The molecule has 2 N–H and O–H groups in total. The topological polar surface area (TPSA) is 98.4 Å². The van der Waals surface area contributed by atoms with Gasteiger partial charge in [0.2, 0.25) is 0 Å². The summed E-state index contributed by atoms with van der Waals surface area (Å²) < 4.78 is 12.7. The molecule has 1 aliphatic heterocycles. The Morgan fingerprint density at radius 3 is 2.81 bits per heavy atom. The fraction of sp³-hybridized carbons (Fsp3) is 0.0870. The summed E-state index contributed by atoms with van der Waals surface area (Å²) in [6.45, 7) is 1.67. The molecule has 0 fully saturated rings. The molecule has 1 aliphatic rings. The van der Waals surface area contributed by atoms with Crippen LogP contribution in [0.1, 0.15) is 17.4 Å². The van der Waals surface area contributed by atoms with Crippen molar-refractivity contribution in [3.63, 3.8) is 0 Å². The van der Waals surface area contributed by atoms with E-state index in [0.29, 0.717) is 39.3 Å². The van der Waals surface area contributed by atoms with Crippen LogP contribution in [0.3, 0.4) is 0 Å². The molecule has 1 unspecified atom stereocenters. The van der Waals surface area contributed by atoms with Crippen molar-refractivity contribution < 1.29 is 18.7 Å². The standard InChI is InChI=1S/C23H17ClN4O4/c1-13-22(29)26-17-11-15(7-8-20(17)32-13)25-23(30)18-12-19(21-6-3-9-31-21)28(27-18)16-5-2-4-14(24)10-16/h2-13H,1H3,(H,25,30)(H,26,29). The molecule has 32 heavy (non-hydrogen) atoms. The molecular weight excluding hydrogens is 432 g/mol. The molecule has 0 spiro atoms. The Labute approximate surface area is 187 Å². The van der Waals surface area contributed by atoms with E-state index in [2.05, 4.69) is 15.7 Å². The summed E-state index contributed by atoms with van der Waals surface area (Å²) in [7, 11) is 0. The van der Waals surface area contributed by atoms with E-state index in [1.165, 1.54) is 0 Å². The Hall–Kier alpha value is -4.04. The zero-order valence-electron chi connectivity index (χ0n) is 16.8. The number of carbonyl (C=O) groups is 2. The third-order valence-electron chi connectivity index (χ3n) is 4.94. The Balaban J connectivity index is 1.46. The number of benzene rings is 2. The van der Waals surface area contributed by atoms with Crippen molar-refractivity contribution >= 4 is 34.8 Å². The second kappa shape index (κ2) is 7.90. The van der Waals surface area contributed by atoms with Gasteiger partial charge >= 0.3 is 0 Å². The maximum Gasteiger partial charge on any atom is 0.276 e. The zero-order chi connectivity index (χ0) is 22.2. The van der Waals surface area contributed by atoms with Crippen molar-refractivity contribution in [2.24, 2.45) is 0 Å². The predicted octanol–water partition coefficient (Wildman–Crippen LogP) is 4.76. The van der Waals surface area contributed by atoms with E-state index < -0.39 is 12.0 Å². The summed E-state index contributed by atoms with van der Waals surface area (Å²) in [5.74, 6) is 0.430. The molecule has 2 amide bonds. The highest BCUT2D eigenvalue weighted by Crippen LogP contribution is 2.32. The van der Waals surface area contributed by atoms with Gasteiger partial charge in [-0.15, -0.1) is 0 Å². The summed E-state index contributed by atoms with van der Waals surface area (Å²) in [5.41, 5.74) is 2.45. The van der Waals surface area contributed by atoms with Crippen molar-refractivity contribution in [3.05, 3.63) is 77.6 Å². The second-order valence-corrected chi connectivity index (χ2v) is 7.63. The van der Waals surface area contributed by atoms with Gasteiger partial charge in [-0.3, -0.25) is 9.59 Å². The predicted molar refractivity (Wildman–Crippen MR) is 119 cm³/mol. The van der Waals surface area contributed by atoms with E-state index in [1.807, 2.05) is 6.07 Å². The van der Waals surface area contributed by atoms with E-state index in [9.17, 15) is 9.59 Å². The van der Waals surface area contributed by atoms with E-state index in [1.54, 1.807) is 72.5 Å². The van der Waals surface area contributed by atoms with Crippen LogP contribution in [0.5, 0.6) is 5.75 Å². The number of fused-ring (bicyclic) bond motifs is 1. The van der Waals surface area contributed by atoms with Gasteiger partial charge in [0.25, 0.3) is 11.8 Å². The summed E-state index contributed by atoms with van der Waals surface area (Å²) in [5, 5.41) is 10.6. The van der Waals surface area contributed by atoms with Gasteiger partial charge in [0, 0.05) is 16.8 Å². The number of rotatable bonds is 4. The molecule has 0 aliphatic carbocycles. The van der Waals surface area contributed by atoms with Gasteiger partial charge in [0.1, 0.15) is 11.4 Å². The monoisotopic (exact) mass is 448 g/mol. The number of ether oxygens (including phenoxy) is 1. The normalized spacial score (nSPS) is 14.9. The molecule has 1 atom stereocenters. The minimum atomic E-state index is -0.571. The average Bonchev–Trinajstić information content (AvgIpc) is 3.45. The number of nitrogens with one attached hydrogen (secondary N) is 2. The lowest BCUT2D eigenvalue weighted by Gasteiger charge is -2.23. The summed E-state index contributed by atoms with van der Waals surface area (Å²) >= 11 is 6.14. The van der Waals surface area contributed by atoms with Crippen molar-refractivity contribution in [1.82, 2.24) is 9.78 Å². The van der Waals surface area contributed by atoms with Crippen LogP contribution in [-0.2, 0) is 4.79 Å². The van der Waals surface area contributed by atoms with E-state index >= 15 is 0 Å². The van der Waals surface area contributed by atoms with Crippen molar-refractivity contribution in [2.75, 3.05) is 10.6 Å². The molecule has 2 aromatic heterocycles. The van der Waals surface area contributed by atoms with Gasteiger partial charge in [-0.1, -0.05) is 17.7 Å². The average molecular weight is 449 g/mol. The number of halogens is 1. The maximum atomic E-state index is 13.0. The quantitative estimate of drug-likeness (QED) is 0.469. The van der Waals surface area contributed by atoms with E-state index in [0.717, 1.165) is 0 Å². The van der Waals surface area contributed by atoms with Gasteiger partial charge in [0.05, 0.1) is 17.6 Å². The minimum absolute atomic E-state index is 0.183. The van der Waals surface area contributed by atoms with Gasteiger partial charge in [-0.25, -0.2) is 4.68 Å². The summed E-state index contributed by atoms with van der Waals surface area (Å²) in [4.78, 5) is 24.8. The number of amides is 2. The SMILES string of the molecule is CC1Oc2ccc(NC(=O)c3cc(-c4ccco4)n(-c4cccc(Cl)c4)n3)cc2NC1=O. The molecule has 160 valence electrons. The highest BCUT2D eigenvalue weighted by Gasteiger charge is 2.24. The third kappa shape index (κ3) is 3.72. The molecule has 5 rings (SSSR count). The first-order chi connectivity index (χ1) is 15.5. The Kier molecular flexibility index (Phi) is 4.91. The van der Waals surface area contributed by atoms with Crippen LogP contribution in [0.4, 0.5) is 11.4 Å². The number of anilines is 2. The lowest BCUT2D eigenvalue weighted by molar-refractivity contribution is -0.122. The first-order valence-corrected chi connectivity index (χ1v) is 10.2. The van der Waals surface area contributed by atoms with Crippen LogP contribution in [0, 0.1) is 0 Å². The Morgan fingerprint density at radius 2 is 2.03 bits per heavy atom. The van der Waals surface area contributed by atoms with Crippen LogP contribution in [-0.4, -0.2) is 27.7 Å². The van der Waals surface area contributed by atoms with Gasteiger partial charge in [0.15, 0.2) is 17.6 Å². The molecule has 0 saturated carbocycles. The second-order valence-electron chi connectivity index (χ2n) is 7.20. The summed E-state index contributed by atoms with van der Waals surface area (Å²) in [6, 6.07) is 17.3. The molecule has 8 nitrogen and oxygen atoms in total. The number of furan rings is 1. The molecule has 3 heterocycles. The van der Waals surface area contributed by atoms with E-state index in [4.69, 9.17) is 20.8 Å². The van der Waals surface area contributed by atoms with Gasteiger partial charge in [-0.05, 0) is 55.5 Å². The van der Waals surface area contributed by atoms with Crippen LogP contribution in [0.15, 0.2) is 71.3 Å². The molecule has 0 radical (unpaired) electrons. The van der Waals surface area contributed by atoms with Crippen LogP contribution in [0.25, 0.3) is 17.1 Å². The van der Waals surface area contributed by atoms with Crippen LogP contribution in [0.2, 0.25) is 5.02 Å². The lowest BCUT2D eigenvalue weighted by Crippen LogP contribution is -2.34. The number of hydrogen-bond acceptors (Lipinski definition) is 5. The Morgan fingerprint density at radius 1 is 1.16 bits per heavy atom. The van der Waals surface area contributed by atoms with E-state index in [-0.39, 0.29) is 11.6 Å². The van der Waals surface area contributed by atoms with Crippen molar-refractivity contribution in [1.29, 1.82) is 0 Å². The van der Waals surface area contributed by atoms with Gasteiger partial charge < -0.3 is 19.8 Å². The Bertz CT molecular complexity index is 1330. The third-order valence-corrected chi connectivity index (χ3v) is 5.17. The lowest BCUT2D eigenvalue weighted by atomic mass is 10.2. The molecular formula is C23H17ClN4O4. The first-order valence-electron chi connectivity index (χ1n) is 9.81. The molecule has 4 aromatic rings. The van der Waals surface area contributed by atoms with Crippen LogP contribution >= 0.6 is 11.6 Å². The van der Waals surface area contributed by atoms with Crippen molar-refractivity contribution in [3.8, 4) is 22.9 Å². The molecule has 0 bridgehead atoms. The largest absolute Gasteiger partial charge is 0.479 e. The zero-order valence-corrected chi connectivity index (χ0v) is 17.6. The van der Waals surface area contributed by atoms with Gasteiger partial charge in [-0.2, -0.15) is 5.10 Å².